The Balaban J connectivity index is 1.96. The van der Waals surface area contributed by atoms with Crippen LogP contribution in [0.15, 0.2) is 24.3 Å². The van der Waals surface area contributed by atoms with E-state index < -0.39 is 0 Å². The third kappa shape index (κ3) is 1.37. The quantitative estimate of drug-likeness (QED) is 0.631. The molecular formula is C15H12Cl2. The number of rotatable bonds is 0. The fraction of sp³-hybridized carbons (Fsp3) is 0.333. The predicted octanol–water partition coefficient (Wildman–Crippen LogP) is 3.01. The molecule has 0 heterocycles. The molecule has 4 atom stereocenters. The van der Waals surface area contributed by atoms with Crippen molar-refractivity contribution in [3.8, 4) is 0 Å². The first-order chi connectivity index (χ1) is 8.22. The fourth-order valence-corrected chi connectivity index (χ4v) is 3.99. The molecule has 0 N–H and O–H groups in total. The fourth-order valence-electron chi connectivity index (χ4n) is 3.65. The Morgan fingerprint density at radius 1 is 0.824 bits per heavy atom. The van der Waals surface area contributed by atoms with E-state index in [4.69, 9.17) is 23.2 Å². The summed E-state index contributed by atoms with van der Waals surface area (Å²) in [7, 11) is 0. The number of allylic oxidation sites excluding steroid dienone is 2. The molecule has 0 radical (unpaired) electrons. The van der Waals surface area contributed by atoms with Crippen molar-refractivity contribution >= 4 is 35.4 Å². The summed E-state index contributed by atoms with van der Waals surface area (Å²) in [6, 6.07) is 4.00. The molecule has 2 heteroatoms. The van der Waals surface area contributed by atoms with Crippen molar-refractivity contribution in [3.63, 3.8) is 0 Å². The minimum atomic E-state index is 0.659. The van der Waals surface area contributed by atoms with E-state index in [-0.39, 0.29) is 0 Å². The van der Waals surface area contributed by atoms with Crippen LogP contribution in [-0.2, 0) is 0 Å². The number of hydrogen-bond donors (Lipinski definition) is 0. The van der Waals surface area contributed by atoms with Gasteiger partial charge < -0.3 is 0 Å². The molecule has 86 valence electrons. The maximum Gasteiger partial charge on any atom is 0.0598 e. The Morgan fingerprint density at radius 3 is 1.76 bits per heavy atom. The van der Waals surface area contributed by atoms with Crippen LogP contribution in [0.1, 0.15) is 6.42 Å². The van der Waals surface area contributed by atoms with Gasteiger partial charge in [0.2, 0.25) is 0 Å². The summed E-state index contributed by atoms with van der Waals surface area (Å²) in [5, 5.41) is 3.82. The first-order valence-corrected chi connectivity index (χ1v) is 6.85. The summed E-state index contributed by atoms with van der Waals surface area (Å²) < 4.78 is 0. The van der Waals surface area contributed by atoms with E-state index in [1.165, 1.54) is 16.9 Å². The van der Waals surface area contributed by atoms with Crippen LogP contribution in [0, 0.1) is 23.7 Å². The Kier molecular flexibility index (Phi) is 2.04. The lowest BCUT2D eigenvalue weighted by Gasteiger charge is -2.25. The van der Waals surface area contributed by atoms with Gasteiger partial charge in [0.1, 0.15) is 0 Å². The van der Waals surface area contributed by atoms with Crippen molar-refractivity contribution in [3.05, 3.63) is 44.8 Å². The van der Waals surface area contributed by atoms with Crippen LogP contribution < -0.4 is 10.4 Å². The van der Waals surface area contributed by atoms with Crippen molar-refractivity contribution in [2.45, 2.75) is 6.42 Å². The summed E-state index contributed by atoms with van der Waals surface area (Å²) >= 11 is 12.2. The smallest absolute Gasteiger partial charge is 0.0598 e. The van der Waals surface area contributed by atoms with Crippen LogP contribution in [0.3, 0.4) is 0 Å². The van der Waals surface area contributed by atoms with Gasteiger partial charge in [0.25, 0.3) is 0 Å². The largest absolute Gasteiger partial charge is 0.0845 e. The van der Waals surface area contributed by atoms with Gasteiger partial charge in [-0.05, 0) is 52.7 Å². The molecule has 0 nitrogen and oxygen atoms in total. The maximum atomic E-state index is 6.09. The second kappa shape index (κ2) is 3.40. The summed E-state index contributed by atoms with van der Waals surface area (Å²) in [5.74, 6) is 2.83. The minimum absolute atomic E-state index is 0.659. The number of hydrogen-bond acceptors (Lipinski definition) is 0. The lowest BCUT2D eigenvalue weighted by Crippen LogP contribution is -2.34. The SMILES string of the molecule is Clc1cc2c(cc1Cl)=CC1C3C=CC(C3)C1C=2. The van der Waals surface area contributed by atoms with Crippen molar-refractivity contribution in [1.82, 2.24) is 0 Å². The van der Waals surface area contributed by atoms with E-state index >= 15 is 0 Å². The van der Waals surface area contributed by atoms with Gasteiger partial charge >= 0.3 is 0 Å². The van der Waals surface area contributed by atoms with Gasteiger partial charge in [0.05, 0.1) is 10.0 Å². The average molecular weight is 263 g/mol. The van der Waals surface area contributed by atoms with Gasteiger partial charge in [-0.2, -0.15) is 0 Å². The highest BCUT2D eigenvalue weighted by molar-refractivity contribution is 6.41. The third-order valence-corrected chi connectivity index (χ3v) is 5.18. The highest BCUT2D eigenvalue weighted by Gasteiger charge is 2.42. The van der Waals surface area contributed by atoms with E-state index in [1.54, 1.807) is 0 Å². The molecule has 2 bridgehead atoms. The molecule has 17 heavy (non-hydrogen) atoms. The minimum Gasteiger partial charge on any atom is -0.0845 e. The predicted molar refractivity (Wildman–Crippen MR) is 72.4 cm³/mol. The monoisotopic (exact) mass is 262 g/mol. The third-order valence-electron chi connectivity index (χ3n) is 4.45. The van der Waals surface area contributed by atoms with Crippen LogP contribution in [0.5, 0.6) is 0 Å². The average Bonchev–Trinajstić information content (AvgIpc) is 2.89. The van der Waals surface area contributed by atoms with Crippen LogP contribution in [0.4, 0.5) is 0 Å². The van der Waals surface area contributed by atoms with Gasteiger partial charge in [0, 0.05) is 0 Å². The Hall–Kier alpha value is -0.720. The van der Waals surface area contributed by atoms with Gasteiger partial charge in [-0.25, -0.2) is 0 Å². The van der Waals surface area contributed by atoms with Crippen molar-refractivity contribution in [2.75, 3.05) is 0 Å². The molecule has 4 rings (SSSR count). The van der Waals surface area contributed by atoms with E-state index in [0.29, 0.717) is 21.9 Å². The maximum absolute atomic E-state index is 6.09. The highest BCUT2D eigenvalue weighted by Crippen LogP contribution is 2.49. The molecule has 1 saturated carbocycles. The number of fused-ring (bicyclic) bond motifs is 6. The molecule has 0 aliphatic heterocycles. The Labute approximate surface area is 110 Å². The molecule has 0 saturated heterocycles. The zero-order chi connectivity index (χ0) is 11.6. The number of benzene rings is 1. The lowest BCUT2D eigenvalue weighted by atomic mass is 9.79. The first-order valence-electron chi connectivity index (χ1n) is 6.09. The molecular weight excluding hydrogens is 251 g/mol. The molecule has 3 aliphatic rings. The molecule has 1 aromatic carbocycles. The van der Waals surface area contributed by atoms with E-state index in [2.05, 4.69) is 24.3 Å². The lowest BCUT2D eigenvalue weighted by molar-refractivity contribution is 0.488. The molecule has 4 unspecified atom stereocenters. The summed E-state index contributed by atoms with van der Waals surface area (Å²) in [5.41, 5.74) is 0. The number of halogens is 2. The van der Waals surface area contributed by atoms with Crippen molar-refractivity contribution in [1.29, 1.82) is 0 Å². The van der Waals surface area contributed by atoms with Crippen molar-refractivity contribution in [2.24, 2.45) is 23.7 Å². The summed E-state index contributed by atoms with van der Waals surface area (Å²) in [4.78, 5) is 0. The summed E-state index contributed by atoms with van der Waals surface area (Å²) in [6.07, 6.45) is 10.9. The summed E-state index contributed by atoms with van der Waals surface area (Å²) in [6.45, 7) is 0. The second-order valence-electron chi connectivity index (χ2n) is 5.33. The van der Waals surface area contributed by atoms with Crippen LogP contribution in [0.2, 0.25) is 10.0 Å². The molecule has 1 fully saturated rings. The Bertz CT molecular complexity index is 587. The van der Waals surface area contributed by atoms with E-state index in [1.807, 2.05) is 12.1 Å². The zero-order valence-electron chi connectivity index (χ0n) is 9.24. The van der Waals surface area contributed by atoms with Crippen LogP contribution in [0.25, 0.3) is 12.2 Å². The zero-order valence-corrected chi connectivity index (χ0v) is 10.7. The van der Waals surface area contributed by atoms with Crippen LogP contribution in [-0.4, -0.2) is 0 Å². The molecule has 0 amide bonds. The van der Waals surface area contributed by atoms with E-state index in [9.17, 15) is 0 Å². The van der Waals surface area contributed by atoms with Gasteiger partial charge in [-0.3, -0.25) is 0 Å². The van der Waals surface area contributed by atoms with Crippen LogP contribution >= 0.6 is 23.2 Å². The normalized spacial score (nSPS) is 36.1. The highest BCUT2D eigenvalue weighted by atomic mass is 35.5. The molecule has 0 spiro atoms. The topological polar surface area (TPSA) is 0 Å². The van der Waals surface area contributed by atoms with E-state index in [0.717, 1.165) is 11.8 Å². The van der Waals surface area contributed by atoms with Gasteiger partial charge in [-0.15, -0.1) is 0 Å². The Morgan fingerprint density at radius 2 is 1.29 bits per heavy atom. The second-order valence-corrected chi connectivity index (χ2v) is 6.15. The molecule has 1 aromatic rings. The first kappa shape index (κ1) is 10.2. The standard InChI is InChI=1S/C15H12Cl2/c16-14-6-10-4-12-8-1-2-9(3-8)13(12)5-11(10)7-15(14)17/h1-2,4-9,12-13H,3H2. The van der Waals surface area contributed by atoms with Crippen molar-refractivity contribution < 1.29 is 0 Å². The van der Waals surface area contributed by atoms with Gasteiger partial charge in [-0.1, -0.05) is 47.5 Å². The molecule has 3 aliphatic carbocycles. The molecule has 0 aromatic heterocycles. The van der Waals surface area contributed by atoms with Gasteiger partial charge in [0.15, 0.2) is 0 Å².